The molecule has 112 valence electrons. The van der Waals surface area contributed by atoms with Crippen molar-refractivity contribution in [3.8, 4) is 0 Å². The number of rotatable bonds is 3. The van der Waals surface area contributed by atoms with Gasteiger partial charge in [-0.1, -0.05) is 29.3 Å². The molecule has 0 amide bonds. The zero-order chi connectivity index (χ0) is 14.8. The van der Waals surface area contributed by atoms with Gasteiger partial charge in [0.05, 0.1) is 27.9 Å². The summed E-state index contributed by atoms with van der Waals surface area (Å²) >= 11 is 11.9. The van der Waals surface area contributed by atoms with E-state index < -0.39 is 9.84 Å². The Morgan fingerprint density at radius 1 is 1.35 bits per heavy atom. The molecule has 7 heteroatoms. The van der Waals surface area contributed by atoms with Crippen LogP contribution in [0.5, 0.6) is 0 Å². The van der Waals surface area contributed by atoms with Crippen LogP contribution >= 0.6 is 23.2 Å². The highest BCUT2D eigenvalue weighted by molar-refractivity contribution is 7.90. The molecule has 1 saturated heterocycles. The van der Waals surface area contributed by atoms with Gasteiger partial charge in [-0.3, -0.25) is 0 Å². The van der Waals surface area contributed by atoms with E-state index in [1.165, 1.54) is 6.26 Å². The van der Waals surface area contributed by atoms with Crippen LogP contribution in [0.2, 0.25) is 10.0 Å². The smallest absolute Gasteiger partial charge is 0.149 e. The topological polar surface area (TPSA) is 55.4 Å². The van der Waals surface area contributed by atoms with Gasteiger partial charge in [-0.05, 0) is 30.7 Å². The summed E-state index contributed by atoms with van der Waals surface area (Å²) in [5, 5.41) is 4.15. The van der Waals surface area contributed by atoms with Crippen molar-refractivity contribution in [3.63, 3.8) is 0 Å². The summed E-state index contributed by atoms with van der Waals surface area (Å²) in [5.74, 6) is 0.0257. The second-order valence-electron chi connectivity index (χ2n) is 4.97. The average Bonchev–Trinajstić information content (AvgIpc) is 2.56. The molecule has 2 rings (SSSR count). The molecule has 2 atom stereocenters. The van der Waals surface area contributed by atoms with Crippen molar-refractivity contribution >= 4 is 33.0 Å². The van der Waals surface area contributed by atoms with Gasteiger partial charge in [0.15, 0.2) is 0 Å². The fourth-order valence-corrected chi connectivity index (χ4v) is 3.54. The largest absolute Gasteiger partial charge is 0.372 e. The first-order valence-electron chi connectivity index (χ1n) is 6.34. The van der Waals surface area contributed by atoms with Gasteiger partial charge >= 0.3 is 0 Å². The molecule has 0 radical (unpaired) electrons. The molecule has 1 fully saturated rings. The Morgan fingerprint density at radius 2 is 2.10 bits per heavy atom. The third-order valence-electron chi connectivity index (χ3n) is 3.14. The SMILES string of the molecule is CS(=O)(=O)C[C@H]1NCCCOC1c1ccc(Cl)c(Cl)c1. The lowest BCUT2D eigenvalue weighted by Gasteiger charge is -2.25. The van der Waals surface area contributed by atoms with Crippen LogP contribution in [0.25, 0.3) is 0 Å². The minimum Gasteiger partial charge on any atom is -0.372 e. The molecule has 0 saturated carbocycles. The fourth-order valence-electron chi connectivity index (χ4n) is 2.28. The third kappa shape index (κ3) is 4.33. The van der Waals surface area contributed by atoms with Crippen molar-refractivity contribution in [1.82, 2.24) is 5.32 Å². The molecule has 0 spiro atoms. The fraction of sp³-hybridized carbons (Fsp3) is 0.538. The van der Waals surface area contributed by atoms with E-state index in [0.29, 0.717) is 16.7 Å². The number of hydrogen-bond donors (Lipinski definition) is 1. The van der Waals surface area contributed by atoms with Crippen LogP contribution in [0.1, 0.15) is 18.1 Å². The maximum Gasteiger partial charge on any atom is 0.149 e. The molecule has 1 N–H and O–H groups in total. The Bertz CT molecular complexity index is 577. The Morgan fingerprint density at radius 3 is 2.75 bits per heavy atom. The maximum atomic E-state index is 11.6. The lowest BCUT2D eigenvalue weighted by Crippen LogP contribution is -2.40. The number of ether oxygens (including phenoxy) is 1. The first-order chi connectivity index (χ1) is 9.37. The quantitative estimate of drug-likeness (QED) is 0.920. The van der Waals surface area contributed by atoms with Crippen LogP contribution in [0, 0.1) is 0 Å². The predicted molar refractivity (Wildman–Crippen MR) is 81.3 cm³/mol. The second-order valence-corrected chi connectivity index (χ2v) is 7.97. The highest BCUT2D eigenvalue weighted by Crippen LogP contribution is 2.30. The van der Waals surface area contributed by atoms with Gasteiger partial charge in [-0.2, -0.15) is 0 Å². The molecular weight excluding hydrogens is 321 g/mol. The first kappa shape index (κ1) is 16.0. The molecule has 1 aliphatic heterocycles. The van der Waals surface area contributed by atoms with Crippen LogP contribution in [0.3, 0.4) is 0 Å². The highest BCUT2D eigenvalue weighted by Gasteiger charge is 2.29. The molecule has 4 nitrogen and oxygen atoms in total. The van der Waals surface area contributed by atoms with Gasteiger partial charge in [0.25, 0.3) is 0 Å². The summed E-state index contributed by atoms with van der Waals surface area (Å²) in [4.78, 5) is 0. The van der Waals surface area contributed by atoms with E-state index in [2.05, 4.69) is 5.32 Å². The molecular formula is C13H17Cl2NO3S. The zero-order valence-corrected chi connectivity index (χ0v) is 13.4. The van der Waals surface area contributed by atoms with Crippen LogP contribution in [0.4, 0.5) is 0 Å². The Hall–Kier alpha value is -0.330. The van der Waals surface area contributed by atoms with Crippen LogP contribution in [0.15, 0.2) is 18.2 Å². The molecule has 1 aliphatic rings. The normalized spacial score (nSPS) is 24.4. The molecule has 0 bridgehead atoms. The van der Waals surface area contributed by atoms with Gasteiger partial charge < -0.3 is 10.1 Å². The summed E-state index contributed by atoms with van der Waals surface area (Å²) in [5.41, 5.74) is 0.836. The Balaban J connectivity index is 2.29. The van der Waals surface area contributed by atoms with Crippen molar-refractivity contribution < 1.29 is 13.2 Å². The van der Waals surface area contributed by atoms with E-state index >= 15 is 0 Å². The molecule has 20 heavy (non-hydrogen) atoms. The van der Waals surface area contributed by atoms with Gasteiger partial charge in [-0.15, -0.1) is 0 Å². The maximum absolute atomic E-state index is 11.6. The van der Waals surface area contributed by atoms with Crippen molar-refractivity contribution in [2.24, 2.45) is 0 Å². The molecule has 0 aromatic heterocycles. The molecule has 1 unspecified atom stereocenters. The zero-order valence-electron chi connectivity index (χ0n) is 11.1. The summed E-state index contributed by atoms with van der Waals surface area (Å²) in [6, 6.07) is 4.97. The molecule has 1 heterocycles. The van der Waals surface area contributed by atoms with E-state index in [9.17, 15) is 8.42 Å². The second kappa shape index (κ2) is 6.62. The number of halogens is 2. The monoisotopic (exact) mass is 337 g/mol. The summed E-state index contributed by atoms with van der Waals surface area (Å²) in [7, 11) is -3.10. The van der Waals surface area contributed by atoms with Crippen LogP contribution in [-0.2, 0) is 14.6 Å². The van der Waals surface area contributed by atoms with Crippen molar-refractivity contribution in [1.29, 1.82) is 0 Å². The summed E-state index contributed by atoms with van der Waals surface area (Å²) in [6.07, 6.45) is 1.73. The molecule has 1 aromatic carbocycles. The lowest BCUT2D eigenvalue weighted by molar-refractivity contribution is 0.0469. The predicted octanol–water partition coefficient (Wildman–Crippen LogP) is 2.46. The Labute approximate surface area is 129 Å². The van der Waals surface area contributed by atoms with Crippen molar-refractivity contribution in [2.45, 2.75) is 18.6 Å². The lowest BCUT2D eigenvalue weighted by atomic mass is 10.0. The number of sulfone groups is 1. The number of nitrogens with one attached hydrogen (secondary N) is 1. The molecule has 0 aliphatic carbocycles. The minimum absolute atomic E-state index is 0.0257. The summed E-state index contributed by atoms with van der Waals surface area (Å²) < 4.78 is 28.9. The molecule has 1 aromatic rings. The van der Waals surface area contributed by atoms with Gasteiger partial charge in [-0.25, -0.2) is 8.42 Å². The standard InChI is InChI=1S/C13H17Cl2NO3S/c1-20(17,18)8-12-13(19-6-2-5-16-12)9-3-4-10(14)11(15)7-9/h3-4,7,12-13,16H,2,5-6,8H2,1H3/t12-,13?/m1/s1. The van der Waals surface area contributed by atoms with Crippen LogP contribution in [-0.4, -0.2) is 39.6 Å². The number of benzene rings is 1. The van der Waals surface area contributed by atoms with E-state index in [1.807, 2.05) is 6.07 Å². The van der Waals surface area contributed by atoms with E-state index in [-0.39, 0.29) is 17.9 Å². The third-order valence-corrected chi connectivity index (χ3v) is 4.85. The van der Waals surface area contributed by atoms with Gasteiger partial charge in [0.2, 0.25) is 0 Å². The minimum atomic E-state index is -3.10. The van der Waals surface area contributed by atoms with Gasteiger partial charge in [0.1, 0.15) is 9.84 Å². The van der Waals surface area contributed by atoms with Crippen molar-refractivity contribution in [2.75, 3.05) is 25.2 Å². The van der Waals surface area contributed by atoms with Crippen LogP contribution < -0.4 is 5.32 Å². The van der Waals surface area contributed by atoms with E-state index in [1.54, 1.807) is 12.1 Å². The van der Waals surface area contributed by atoms with Gasteiger partial charge in [0, 0.05) is 12.9 Å². The van der Waals surface area contributed by atoms with E-state index in [0.717, 1.165) is 18.5 Å². The summed E-state index contributed by atoms with van der Waals surface area (Å²) in [6.45, 7) is 1.32. The number of hydrogen-bond acceptors (Lipinski definition) is 4. The van der Waals surface area contributed by atoms with Crippen molar-refractivity contribution in [3.05, 3.63) is 33.8 Å². The highest BCUT2D eigenvalue weighted by atomic mass is 35.5. The average molecular weight is 338 g/mol. The van der Waals surface area contributed by atoms with E-state index in [4.69, 9.17) is 27.9 Å². The first-order valence-corrected chi connectivity index (χ1v) is 9.16. The Kier molecular flexibility index (Phi) is 5.31.